The van der Waals surface area contributed by atoms with Crippen molar-refractivity contribution in [2.45, 2.75) is 5.75 Å². The Morgan fingerprint density at radius 3 is 2.93 bits per heavy atom. The maximum atomic E-state index is 13.6. The molecule has 0 amide bonds. The molecule has 74 valence electrons. The normalized spacial score (nSPS) is 15.1. The number of Topliss-reactive ketones (excluding diaryl/α,β-unsaturated/α-hetero) is 1. The lowest BCUT2D eigenvalue weighted by molar-refractivity contribution is 0.102. The van der Waals surface area contributed by atoms with E-state index in [9.17, 15) is 9.18 Å². The van der Waals surface area contributed by atoms with Gasteiger partial charge in [0.25, 0.3) is 0 Å². The molecule has 0 fully saturated rings. The minimum atomic E-state index is -0.398. The van der Waals surface area contributed by atoms with E-state index in [1.54, 1.807) is 6.07 Å². The molecule has 0 atom stereocenters. The highest BCUT2D eigenvalue weighted by molar-refractivity contribution is 7.99. The van der Waals surface area contributed by atoms with Crippen molar-refractivity contribution in [3.05, 3.63) is 29.1 Å². The van der Waals surface area contributed by atoms with Gasteiger partial charge in [-0.15, -0.1) is 11.8 Å². The van der Waals surface area contributed by atoms with Crippen LogP contribution in [0.25, 0.3) is 0 Å². The van der Waals surface area contributed by atoms with Gasteiger partial charge in [-0.25, -0.2) is 4.39 Å². The molecule has 14 heavy (non-hydrogen) atoms. The predicted octanol–water partition coefficient (Wildman–Crippen LogP) is 2.26. The van der Waals surface area contributed by atoms with Crippen LogP contribution in [0.3, 0.4) is 0 Å². The SMILES string of the molecule is COc1ccc2c(c1F)CSCC2=O. The fourth-order valence-corrected chi connectivity index (χ4v) is 2.41. The van der Waals surface area contributed by atoms with Gasteiger partial charge in [0.15, 0.2) is 17.3 Å². The third-order valence-corrected chi connectivity index (χ3v) is 3.17. The lowest BCUT2D eigenvalue weighted by atomic mass is 10.0. The summed E-state index contributed by atoms with van der Waals surface area (Å²) in [6.45, 7) is 0. The first-order chi connectivity index (χ1) is 6.74. The third-order valence-electron chi connectivity index (χ3n) is 2.21. The van der Waals surface area contributed by atoms with E-state index in [1.807, 2.05) is 0 Å². The monoisotopic (exact) mass is 212 g/mol. The van der Waals surface area contributed by atoms with Gasteiger partial charge < -0.3 is 4.74 Å². The van der Waals surface area contributed by atoms with Crippen molar-refractivity contribution in [3.8, 4) is 5.75 Å². The average Bonchev–Trinajstić information content (AvgIpc) is 2.20. The molecule has 0 radical (unpaired) electrons. The first-order valence-electron chi connectivity index (χ1n) is 4.20. The topological polar surface area (TPSA) is 26.3 Å². The number of benzene rings is 1. The number of carbonyl (C=O) groups is 1. The highest BCUT2D eigenvalue weighted by Gasteiger charge is 2.22. The molecule has 0 aromatic heterocycles. The molecule has 1 heterocycles. The number of ketones is 1. The predicted molar refractivity (Wildman–Crippen MR) is 53.4 cm³/mol. The Labute approximate surface area is 85.4 Å². The van der Waals surface area contributed by atoms with E-state index in [2.05, 4.69) is 0 Å². The Kier molecular flexibility index (Phi) is 2.46. The van der Waals surface area contributed by atoms with E-state index in [-0.39, 0.29) is 11.5 Å². The van der Waals surface area contributed by atoms with Crippen LogP contribution in [-0.2, 0) is 5.75 Å². The summed E-state index contributed by atoms with van der Waals surface area (Å²) in [5, 5.41) is 0. The van der Waals surface area contributed by atoms with Gasteiger partial charge in [-0.3, -0.25) is 4.79 Å². The number of hydrogen-bond acceptors (Lipinski definition) is 3. The largest absolute Gasteiger partial charge is 0.494 e. The highest BCUT2D eigenvalue weighted by Crippen LogP contribution is 2.31. The van der Waals surface area contributed by atoms with E-state index in [0.717, 1.165) is 0 Å². The van der Waals surface area contributed by atoms with Gasteiger partial charge in [0.1, 0.15) is 0 Å². The molecule has 0 N–H and O–H groups in total. The molecule has 1 aromatic carbocycles. The number of methoxy groups -OCH3 is 1. The van der Waals surface area contributed by atoms with Crippen molar-refractivity contribution in [2.75, 3.05) is 12.9 Å². The Hall–Kier alpha value is -1.03. The van der Waals surface area contributed by atoms with Crippen LogP contribution in [0.1, 0.15) is 15.9 Å². The van der Waals surface area contributed by atoms with Gasteiger partial charge in [0, 0.05) is 16.9 Å². The molecule has 2 rings (SSSR count). The standard InChI is InChI=1S/C10H9FO2S/c1-13-9-3-2-6-7(10(9)11)4-14-5-8(6)12/h2-3H,4-5H2,1H3. The summed E-state index contributed by atoms with van der Waals surface area (Å²) in [5.41, 5.74) is 0.979. The summed E-state index contributed by atoms with van der Waals surface area (Å²) < 4.78 is 18.5. The molecule has 0 aliphatic carbocycles. The molecule has 4 heteroatoms. The molecular formula is C10H9FO2S. The second kappa shape index (κ2) is 3.61. The van der Waals surface area contributed by atoms with Crippen LogP contribution in [0, 0.1) is 5.82 Å². The quantitative estimate of drug-likeness (QED) is 0.714. The maximum Gasteiger partial charge on any atom is 0.173 e. The van der Waals surface area contributed by atoms with Crippen molar-refractivity contribution in [3.63, 3.8) is 0 Å². The molecule has 1 aromatic rings. The molecule has 0 unspecified atom stereocenters. The summed E-state index contributed by atoms with van der Waals surface area (Å²) >= 11 is 1.43. The van der Waals surface area contributed by atoms with Crippen molar-refractivity contribution >= 4 is 17.5 Å². The summed E-state index contributed by atoms with van der Waals surface area (Å²) in [6.07, 6.45) is 0. The molecule has 0 saturated carbocycles. The smallest absolute Gasteiger partial charge is 0.173 e. The molecule has 0 spiro atoms. The maximum absolute atomic E-state index is 13.6. The van der Waals surface area contributed by atoms with Crippen LogP contribution in [0.15, 0.2) is 12.1 Å². The lowest BCUT2D eigenvalue weighted by Crippen LogP contribution is -2.13. The van der Waals surface area contributed by atoms with Crippen molar-refractivity contribution in [1.82, 2.24) is 0 Å². The number of thioether (sulfide) groups is 1. The zero-order valence-electron chi connectivity index (χ0n) is 7.67. The molecular weight excluding hydrogens is 203 g/mol. The van der Waals surface area contributed by atoms with Crippen LogP contribution in [0.2, 0.25) is 0 Å². The summed E-state index contributed by atoms with van der Waals surface area (Å²) in [5.74, 6) is 0.797. The fourth-order valence-electron chi connectivity index (χ4n) is 1.48. The number of hydrogen-bond donors (Lipinski definition) is 0. The van der Waals surface area contributed by atoms with Crippen molar-refractivity contribution in [1.29, 1.82) is 0 Å². The lowest BCUT2D eigenvalue weighted by Gasteiger charge is -2.16. The van der Waals surface area contributed by atoms with Gasteiger partial charge in [-0.05, 0) is 12.1 Å². The minimum Gasteiger partial charge on any atom is -0.494 e. The summed E-state index contributed by atoms with van der Waals surface area (Å²) in [4.78, 5) is 11.4. The van der Waals surface area contributed by atoms with Crippen molar-refractivity contribution in [2.24, 2.45) is 0 Å². The van der Waals surface area contributed by atoms with Crippen molar-refractivity contribution < 1.29 is 13.9 Å². The second-order valence-corrected chi connectivity index (χ2v) is 4.01. The van der Waals surface area contributed by atoms with E-state index in [4.69, 9.17) is 4.74 Å². The van der Waals surface area contributed by atoms with Gasteiger partial charge in [-0.2, -0.15) is 0 Å². The van der Waals surface area contributed by atoms with Crippen LogP contribution in [0.4, 0.5) is 4.39 Å². The summed E-state index contributed by atoms with van der Waals surface area (Å²) in [6, 6.07) is 3.14. The number of ether oxygens (including phenoxy) is 1. The Balaban J connectivity index is 2.57. The van der Waals surface area contributed by atoms with E-state index < -0.39 is 5.82 Å². The van der Waals surface area contributed by atoms with E-state index >= 15 is 0 Å². The molecule has 1 aliphatic rings. The van der Waals surface area contributed by atoms with E-state index in [0.29, 0.717) is 22.6 Å². The van der Waals surface area contributed by atoms with Gasteiger partial charge >= 0.3 is 0 Å². The Morgan fingerprint density at radius 2 is 2.21 bits per heavy atom. The number of halogens is 1. The highest BCUT2D eigenvalue weighted by atomic mass is 32.2. The second-order valence-electron chi connectivity index (χ2n) is 3.02. The number of fused-ring (bicyclic) bond motifs is 1. The molecule has 2 nitrogen and oxygen atoms in total. The Morgan fingerprint density at radius 1 is 1.43 bits per heavy atom. The number of carbonyl (C=O) groups excluding carboxylic acids is 1. The van der Waals surface area contributed by atoms with Crippen LogP contribution >= 0.6 is 11.8 Å². The average molecular weight is 212 g/mol. The minimum absolute atomic E-state index is 0.00203. The molecule has 0 bridgehead atoms. The van der Waals surface area contributed by atoms with E-state index in [1.165, 1.54) is 24.9 Å². The van der Waals surface area contributed by atoms with Gasteiger partial charge in [-0.1, -0.05) is 0 Å². The van der Waals surface area contributed by atoms with Crippen LogP contribution in [-0.4, -0.2) is 18.6 Å². The first kappa shape index (κ1) is 9.52. The molecule has 0 saturated heterocycles. The van der Waals surface area contributed by atoms with Gasteiger partial charge in [0.2, 0.25) is 0 Å². The zero-order chi connectivity index (χ0) is 10.1. The first-order valence-corrected chi connectivity index (χ1v) is 5.36. The zero-order valence-corrected chi connectivity index (χ0v) is 8.49. The fraction of sp³-hybridized carbons (Fsp3) is 0.300. The molecule has 1 aliphatic heterocycles. The summed E-state index contributed by atoms with van der Waals surface area (Å²) in [7, 11) is 1.42. The number of rotatable bonds is 1. The third kappa shape index (κ3) is 1.39. The van der Waals surface area contributed by atoms with Gasteiger partial charge in [0.05, 0.1) is 12.9 Å². The van der Waals surface area contributed by atoms with Crippen LogP contribution in [0.5, 0.6) is 5.75 Å². The Bertz CT molecular complexity index is 390. The van der Waals surface area contributed by atoms with Crippen LogP contribution < -0.4 is 4.74 Å².